The molecule has 0 radical (unpaired) electrons. The number of imidazole rings is 1. The number of oxime groups is 1. The minimum atomic E-state index is 0.222. The summed E-state index contributed by atoms with van der Waals surface area (Å²) in [6.07, 6.45) is 0.515. The van der Waals surface area contributed by atoms with Crippen LogP contribution < -0.4 is 10.5 Å². The van der Waals surface area contributed by atoms with Crippen molar-refractivity contribution in [2.45, 2.75) is 11.6 Å². The van der Waals surface area contributed by atoms with E-state index in [1.54, 1.807) is 7.11 Å². The van der Waals surface area contributed by atoms with E-state index >= 15 is 0 Å². The molecule has 0 amide bonds. The first kappa shape index (κ1) is 12.6. The monoisotopic (exact) mass is 266 g/mol. The molecule has 2 aromatic rings. The summed E-state index contributed by atoms with van der Waals surface area (Å²) in [6.45, 7) is 0. The van der Waals surface area contributed by atoms with E-state index in [2.05, 4.69) is 15.1 Å². The molecule has 0 aliphatic rings. The van der Waals surface area contributed by atoms with E-state index in [-0.39, 0.29) is 5.84 Å². The Bertz CT molecular complexity index is 567. The Balaban J connectivity index is 2.06. The molecule has 1 heterocycles. The molecule has 2 rings (SSSR count). The summed E-state index contributed by atoms with van der Waals surface area (Å²) in [5, 5.41) is 12.1. The normalized spacial score (nSPS) is 11.9. The van der Waals surface area contributed by atoms with Crippen molar-refractivity contribution in [1.29, 1.82) is 0 Å². The van der Waals surface area contributed by atoms with Gasteiger partial charge >= 0.3 is 0 Å². The molecule has 6 nitrogen and oxygen atoms in total. The number of nitrogens with two attached hydrogens (primary N) is 1. The standard InChI is InChI=1S/C11H14N4O2S/c1-17-7-2-3-8-9(6-7)14-11(13-8)18-5-4-10(12)15-16/h2-3,6,16H,4-5H2,1H3,(H2,12,15)(H,13,14). The quantitative estimate of drug-likeness (QED) is 0.252. The number of amidine groups is 1. The Morgan fingerprint density at radius 2 is 2.44 bits per heavy atom. The minimum absolute atomic E-state index is 0.222. The third kappa shape index (κ3) is 2.86. The Kier molecular flexibility index (Phi) is 3.93. The van der Waals surface area contributed by atoms with Crippen LogP contribution in [-0.2, 0) is 0 Å². The van der Waals surface area contributed by atoms with Crippen molar-refractivity contribution in [2.24, 2.45) is 10.9 Å². The highest BCUT2D eigenvalue weighted by Gasteiger charge is 2.05. The second kappa shape index (κ2) is 5.63. The van der Waals surface area contributed by atoms with Gasteiger partial charge in [-0.25, -0.2) is 4.98 Å². The van der Waals surface area contributed by atoms with Gasteiger partial charge in [0.15, 0.2) is 5.16 Å². The Morgan fingerprint density at radius 3 is 3.17 bits per heavy atom. The zero-order valence-electron chi connectivity index (χ0n) is 9.88. The van der Waals surface area contributed by atoms with Crippen LogP contribution >= 0.6 is 11.8 Å². The van der Waals surface area contributed by atoms with Gasteiger partial charge < -0.3 is 20.7 Å². The summed E-state index contributed by atoms with van der Waals surface area (Å²) in [7, 11) is 1.63. The highest BCUT2D eigenvalue weighted by Crippen LogP contribution is 2.23. The first-order valence-electron chi connectivity index (χ1n) is 5.36. The smallest absolute Gasteiger partial charge is 0.166 e. The van der Waals surface area contributed by atoms with E-state index in [1.807, 2.05) is 18.2 Å². The van der Waals surface area contributed by atoms with Gasteiger partial charge in [0, 0.05) is 18.2 Å². The number of ether oxygens (including phenoxy) is 1. The fourth-order valence-corrected chi connectivity index (χ4v) is 2.31. The van der Waals surface area contributed by atoms with Gasteiger partial charge in [-0.3, -0.25) is 0 Å². The number of benzene rings is 1. The summed E-state index contributed by atoms with van der Waals surface area (Å²) < 4.78 is 5.14. The average molecular weight is 266 g/mol. The van der Waals surface area contributed by atoms with Gasteiger partial charge in [-0.1, -0.05) is 16.9 Å². The van der Waals surface area contributed by atoms with Crippen LogP contribution in [0.4, 0.5) is 0 Å². The van der Waals surface area contributed by atoms with Gasteiger partial charge in [0.05, 0.1) is 18.1 Å². The van der Waals surface area contributed by atoms with Crippen molar-refractivity contribution in [2.75, 3.05) is 12.9 Å². The molecule has 18 heavy (non-hydrogen) atoms. The zero-order chi connectivity index (χ0) is 13.0. The molecule has 0 saturated carbocycles. The van der Waals surface area contributed by atoms with Crippen molar-refractivity contribution in [3.05, 3.63) is 18.2 Å². The number of aromatic amines is 1. The Labute approximate surface area is 108 Å². The highest BCUT2D eigenvalue weighted by molar-refractivity contribution is 7.99. The Morgan fingerprint density at radius 1 is 1.61 bits per heavy atom. The number of aromatic nitrogens is 2. The van der Waals surface area contributed by atoms with Gasteiger partial charge in [0.25, 0.3) is 0 Å². The maximum Gasteiger partial charge on any atom is 0.166 e. The second-order valence-corrected chi connectivity index (χ2v) is 4.70. The third-order valence-electron chi connectivity index (χ3n) is 2.39. The molecule has 0 fully saturated rings. The fraction of sp³-hybridized carbons (Fsp3) is 0.273. The summed E-state index contributed by atoms with van der Waals surface area (Å²) in [6, 6.07) is 5.67. The SMILES string of the molecule is COc1ccc2nc(SCC/C(N)=N/O)[nH]c2c1. The molecular formula is C11H14N4O2S. The van der Waals surface area contributed by atoms with Crippen LogP contribution in [0.2, 0.25) is 0 Å². The molecule has 0 aliphatic carbocycles. The number of nitrogens with one attached hydrogen (secondary N) is 1. The van der Waals surface area contributed by atoms with Crippen LogP contribution in [0.25, 0.3) is 11.0 Å². The molecular weight excluding hydrogens is 252 g/mol. The summed E-state index contributed by atoms with van der Waals surface area (Å²) in [5.41, 5.74) is 7.21. The lowest BCUT2D eigenvalue weighted by atomic mass is 10.3. The lowest BCUT2D eigenvalue weighted by molar-refractivity contribution is 0.317. The first-order chi connectivity index (χ1) is 8.72. The zero-order valence-corrected chi connectivity index (χ0v) is 10.7. The predicted octanol–water partition coefficient (Wildman–Crippen LogP) is 1.80. The molecule has 0 aliphatic heterocycles. The second-order valence-electron chi connectivity index (χ2n) is 3.61. The summed E-state index contributed by atoms with van der Waals surface area (Å²) in [5.74, 6) is 1.71. The number of nitrogens with zero attached hydrogens (tertiary/aromatic N) is 2. The van der Waals surface area contributed by atoms with Crippen LogP contribution in [0.5, 0.6) is 5.75 Å². The lowest BCUT2D eigenvalue weighted by Crippen LogP contribution is -2.12. The van der Waals surface area contributed by atoms with Gasteiger partial charge in [-0.2, -0.15) is 0 Å². The number of hydrogen-bond donors (Lipinski definition) is 3. The van der Waals surface area contributed by atoms with E-state index in [1.165, 1.54) is 11.8 Å². The average Bonchev–Trinajstić information content (AvgIpc) is 2.79. The maximum atomic E-state index is 8.42. The molecule has 96 valence electrons. The number of methoxy groups -OCH3 is 1. The number of hydrogen-bond acceptors (Lipinski definition) is 5. The van der Waals surface area contributed by atoms with Crippen molar-refractivity contribution >= 4 is 28.6 Å². The van der Waals surface area contributed by atoms with E-state index in [4.69, 9.17) is 15.7 Å². The van der Waals surface area contributed by atoms with Crippen LogP contribution in [0.1, 0.15) is 6.42 Å². The first-order valence-corrected chi connectivity index (χ1v) is 6.34. The third-order valence-corrected chi connectivity index (χ3v) is 3.27. The van der Waals surface area contributed by atoms with Crippen molar-refractivity contribution < 1.29 is 9.94 Å². The van der Waals surface area contributed by atoms with E-state index in [0.29, 0.717) is 12.2 Å². The van der Waals surface area contributed by atoms with Crippen LogP contribution in [-0.4, -0.2) is 33.9 Å². The molecule has 7 heteroatoms. The number of rotatable bonds is 5. The molecule has 1 aromatic heterocycles. The predicted molar refractivity (Wildman–Crippen MR) is 71.4 cm³/mol. The Hall–Kier alpha value is -1.89. The molecule has 1 aromatic carbocycles. The fourth-order valence-electron chi connectivity index (χ4n) is 1.46. The maximum absolute atomic E-state index is 8.42. The highest BCUT2D eigenvalue weighted by atomic mass is 32.2. The van der Waals surface area contributed by atoms with Gasteiger partial charge in [0.1, 0.15) is 11.6 Å². The van der Waals surface area contributed by atoms with E-state index < -0.39 is 0 Å². The summed E-state index contributed by atoms with van der Waals surface area (Å²) in [4.78, 5) is 7.61. The lowest BCUT2D eigenvalue weighted by Gasteiger charge is -1.97. The molecule has 0 spiro atoms. The topological polar surface area (TPSA) is 96.5 Å². The minimum Gasteiger partial charge on any atom is -0.497 e. The largest absolute Gasteiger partial charge is 0.497 e. The van der Waals surface area contributed by atoms with E-state index in [9.17, 15) is 0 Å². The molecule has 4 N–H and O–H groups in total. The molecule has 0 saturated heterocycles. The molecule has 0 atom stereocenters. The number of fused-ring (bicyclic) bond motifs is 1. The van der Waals surface area contributed by atoms with Crippen molar-refractivity contribution in [3.8, 4) is 5.75 Å². The van der Waals surface area contributed by atoms with Crippen LogP contribution in [0, 0.1) is 0 Å². The van der Waals surface area contributed by atoms with E-state index in [0.717, 1.165) is 21.9 Å². The number of thioether (sulfide) groups is 1. The van der Waals surface area contributed by atoms with Gasteiger partial charge in [-0.05, 0) is 12.1 Å². The molecule has 0 bridgehead atoms. The van der Waals surface area contributed by atoms with Crippen molar-refractivity contribution in [1.82, 2.24) is 9.97 Å². The van der Waals surface area contributed by atoms with Gasteiger partial charge in [0.2, 0.25) is 0 Å². The number of H-pyrrole nitrogens is 1. The van der Waals surface area contributed by atoms with Crippen molar-refractivity contribution in [3.63, 3.8) is 0 Å². The van der Waals surface area contributed by atoms with Crippen LogP contribution in [0.15, 0.2) is 28.5 Å². The van der Waals surface area contributed by atoms with Gasteiger partial charge in [-0.15, -0.1) is 0 Å². The van der Waals surface area contributed by atoms with Crippen LogP contribution in [0.3, 0.4) is 0 Å². The summed E-state index contributed by atoms with van der Waals surface area (Å²) >= 11 is 1.52. The molecule has 0 unspecified atom stereocenters.